The second-order valence-electron chi connectivity index (χ2n) is 5.19. The molecule has 1 rings (SSSR count). The van der Waals surface area contributed by atoms with Crippen LogP contribution in [0.5, 0.6) is 5.75 Å². The van der Waals surface area contributed by atoms with E-state index in [-0.39, 0.29) is 0 Å². The maximum Gasteiger partial charge on any atom is 0.122 e. The third-order valence-corrected chi connectivity index (χ3v) is 3.35. The fourth-order valence-electron chi connectivity index (χ4n) is 1.99. The van der Waals surface area contributed by atoms with E-state index in [0.717, 1.165) is 25.3 Å². The van der Waals surface area contributed by atoms with Crippen molar-refractivity contribution >= 4 is 0 Å². The lowest BCUT2D eigenvalue weighted by Gasteiger charge is -2.17. The fourth-order valence-corrected chi connectivity index (χ4v) is 1.99. The predicted molar refractivity (Wildman–Crippen MR) is 78.5 cm³/mol. The molecular weight excluding hydrogens is 236 g/mol. The molecule has 0 aliphatic heterocycles. The summed E-state index contributed by atoms with van der Waals surface area (Å²) in [5.74, 6) is 1.49. The summed E-state index contributed by atoms with van der Waals surface area (Å²) in [6, 6.07) is 8.64. The molecule has 0 atom stereocenters. The summed E-state index contributed by atoms with van der Waals surface area (Å²) in [6.45, 7) is 6.14. The molecule has 0 amide bonds. The molecule has 0 spiro atoms. The molecule has 0 aromatic heterocycles. The molecule has 0 saturated heterocycles. The van der Waals surface area contributed by atoms with E-state index in [1.807, 2.05) is 7.05 Å². The first-order valence-corrected chi connectivity index (χ1v) is 6.80. The highest BCUT2D eigenvalue weighted by Crippen LogP contribution is 2.25. The van der Waals surface area contributed by atoms with E-state index in [2.05, 4.69) is 43.0 Å². The van der Waals surface area contributed by atoms with Gasteiger partial charge in [-0.05, 0) is 36.6 Å². The smallest absolute Gasteiger partial charge is 0.122 e. The van der Waals surface area contributed by atoms with Crippen molar-refractivity contribution in [1.29, 1.82) is 5.26 Å². The number of hydrogen-bond donors (Lipinski definition) is 0. The first-order valence-electron chi connectivity index (χ1n) is 6.80. The molecule has 3 heteroatoms. The first kappa shape index (κ1) is 15.5. The van der Waals surface area contributed by atoms with Crippen molar-refractivity contribution in [1.82, 2.24) is 4.90 Å². The van der Waals surface area contributed by atoms with Crippen LogP contribution in [0.2, 0.25) is 0 Å². The predicted octanol–water partition coefficient (Wildman–Crippen LogP) is 3.21. The Balaban J connectivity index is 2.65. The average molecular weight is 260 g/mol. The minimum atomic E-state index is 0.515. The van der Waals surface area contributed by atoms with Crippen LogP contribution in [-0.4, -0.2) is 32.1 Å². The molecule has 0 N–H and O–H groups in total. The summed E-state index contributed by atoms with van der Waals surface area (Å²) >= 11 is 0. The highest BCUT2D eigenvalue weighted by molar-refractivity contribution is 5.38. The van der Waals surface area contributed by atoms with Gasteiger partial charge in [-0.15, -0.1) is 0 Å². The van der Waals surface area contributed by atoms with Gasteiger partial charge in [0.25, 0.3) is 0 Å². The van der Waals surface area contributed by atoms with Crippen molar-refractivity contribution in [2.45, 2.75) is 32.6 Å². The molecule has 3 nitrogen and oxygen atoms in total. The van der Waals surface area contributed by atoms with Gasteiger partial charge in [0.15, 0.2) is 0 Å². The molecule has 104 valence electrons. The number of ether oxygens (including phenoxy) is 1. The van der Waals surface area contributed by atoms with Gasteiger partial charge in [0, 0.05) is 19.5 Å². The van der Waals surface area contributed by atoms with E-state index in [9.17, 15) is 0 Å². The van der Waals surface area contributed by atoms with Crippen molar-refractivity contribution in [2.24, 2.45) is 0 Å². The van der Waals surface area contributed by atoms with E-state index in [4.69, 9.17) is 10.00 Å². The molecule has 0 fully saturated rings. The van der Waals surface area contributed by atoms with Crippen LogP contribution in [0.3, 0.4) is 0 Å². The summed E-state index contributed by atoms with van der Waals surface area (Å²) in [6.07, 6.45) is 1.53. The lowest BCUT2D eigenvalue weighted by molar-refractivity contribution is 0.342. The van der Waals surface area contributed by atoms with Crippen molar-refractivity contribution in [3.8, 4) is 11.8 Å². The largest absolute Gasteiger partial charge is 0.496 e. The van der Waals surface area contributed by atoms with E-state index < -0.39 is 0 Å². The zero-order chi connectivity index (χ0) is 14.3. The number of nitriles is 1. The maximum atomic E-state index is 8.57. The van der Waals surface area contributed by atoms with Gasteiger partial charge in [0.1, 0.15) is 5.75 Å². The standard InChI is InChI=1S/C16H24N2O/c1-13(2)15-7-6-14(16(12-15)19-4)8-11-18(3)10-5-9-17/h6-7,12-13H,5,8,10-11H2,1-4H3. The van der Waals surface area contributed by atoms with E-state index in [1.54, 1.807) is 7.11 Å². The minimum absolute atomic E-state index is 0.515. The topological polar surface area (TPSA) is 36.3 Å². The monoisotopic (exact) mass is 260 g/mol. The molecule has 0 unspecified atom stereocenters. The van der Waals surface area contributed by atoms with Crippen LogP contribution in [0.15, 0.2) is 18.2 Å². The van der Waals surface area contributed by atoms with E-state index in [0.29, 0.717) is 12.3 Å². The van der Waals surface area contributed by atoms with Crippen LogP contribution in [0.25, 0.3) is 0 Å². The summed E-state index contributed by atoms with van der Waals surface area (Å²) < 4.78 is 5.48. The number of likely N-dealkylation sites (N-methyl/N-ethyl adjacent to an activating group) is 1. The quantitative estimate of drug-likeness (QED) is 0.755. The molecule has 1 aromatic carbocycles. The molecule has 0 heterocycles. The maximum absolute atomic E-state index is 8.57. The van der Waals surface area contributed by atoms with Crippen LogP contribution >= 0.6 is 0 Å². The zero-order valence-corrected chi connectivity index (χ0v) is 12.4. The number of nitrogens with zero attached hydrogens (tertiary/aromatic N) is 2. The van der Waals surface area contributed by atoms with Gasteiger partial charge >= 0.3 is 0 Å². The second kappa shape index (κ2) is 7.81. The Bertz CT molecular complexity index is 435. The summed E-state index contributed by atoms with van der Waals surface area (Å²) in [4.78, 5) is 2.18. The second-order valence-corrected chi connectivity index (χ2v) is 5.19. The summed E-state index contributed by atoms with van der Waals surface area (Å²) in [5, 5.41) is 8.57. The van der Waals surface area contributed by atoms with Gasteiger partial charge in [-0.25, -0.2) is 0 Å². The minimum Gasteiger partial charge on any atom is -0.496 e. The van der Waals surface area contributed by atoms with E-state index in [1.165, 1.54) is 11.1 Å². The van der Waals surface area contributed by atoms with Crippen molar-refractivity contribution in [3.05, 3.63) is 29.3 Å². The Hall–Kier alpha value is -1.53. The van der Waals surface area contributed by atoms with Crippen LogP contribution in [0, 0.1) is 11.3 Å². The van der Waals surface area contributed by atoms with Crippen LogP contribution in [0.1, 0.15) is 37.3 Å². The van der Waals surface area contributed by atoms with Gasteiger partial charge in [0.2, 0.25) is 0 Å². The van der Waals surface area contributed by atoms with Crippen molar-refractivity contribution in [2.75, 3.05) is 27.2 Å². The Morgan fingerprint density at radius 2 is 2.05 bits per heavy atom. The molecular formula is C16H24N2O. The molecule has 0 aliphatic rings. The zero-order valence-electron chi connectivity index (χ0n) is 12.4. The average Bonchev–Trinajstić information content (AvgIpc) is 2.42. The highest BCUT2D eigenvalue weighted by atomic mass is 16.5. The Kier molecular flexibility index (Phi) is 6.38. The van der Waals surface area contributed by atoms with Gasteiger partial charge < -0.3 is 9.64 Å². The molecule has 1 aromatic rings. The van der Waals surface area contributed by atoms with Crippen molar-refractivity contribution in [3.63, 3.8) is 0 Å². The molecule has 0 saturated carbocycles. The fraction of sp³-hybridized carbons (Fsp3) is 0.562. The Morgan fingerprint density at radius 3 is 2.63 bits per heavy atom. The van der Waals surface area contributed by atoms with Crippen molar-refractivity contribution < 1.29 is 4.74 Å². The van der Waals surface area contributed by atoms with Crippen LogP contribution in [-0.2, 0) is 6.42 Å². The van der Waals surface area contributed by atoms with Gasteiger partial charge in [-0.1, -0.05) is 26.0 Å². The number of benzene rings is 1. The molecule has 19 heavy (non-hydrogen) atoms. The number of rotatable bonds is 7. The van der Waals surface area contributed by atoms with Gasteiger partial charge in [-0.3, -0.25) is 0 Å². The van der Waals surface area contributed by atoms with Gasteiger partial charge in [-0.2, -0.15) is 5.26 Å². The Morgan fingerprint density at radius 1 is 1.32 bits per heavy atom. The highest BCUT2D eigenvalue weighted by Gasteiger charge is 2.08. The first-order chi connectivity index (χ1) is 9.08. The summed E-state index contributed by atoms with van der Waals surface area (Å²) in [7, 11) is 3.77. The van der Waals surface area contributed by atoms with Crippen LogP contribution in [0.4, 0.5) is 0 Å². The lowest BCUT2D eigenvalue weighted by Crippen LogP contribution is -2.22. The third kappa shape index (κ3) is 4.92. The molecule has 0 bridgehead atoms. The molecule has 0 radical (unpaired) electrons. The lowest BCUT2D eigenvalue weighted by atomic mass is 10.00. The normalized spacial score (nSPS) is 10.8. The Labute approximate surface area is 116 Å². The van der Waals surface area contributed by atoms with Gasteiger partial charge in [0.05, 0.1) is 13.2 Å². The number of hydrogen-bond acceptors (Lipinski definition) is 3. The van der Waals surface area contributed by atoms with Crippen LogP contribution < -0.4 is 4.74 Å². The molecule has 0 aliphatic carbocycles. The summed E-state index contributed by atoms with van der Waals surface area (Å²) in [5.41, 5.74) is 2.54. The SMILES string of the molecule is COc1cc(C(C)C)ccc1CCN(C)CCC#N. The third-order valence-electron chi connectivity index (χ3n) is 3.35. The van der Waals surface area contributed by atoms with E-state index >= 15 is 0 Å². The number of methoxy groups -OCH3 is 1.